The van der Waals surface area contributed by atoms with Gasteiger partial charge >= 0.3 is 0 Å². The molecule has 0 unspecified atom stereocenters. The second-order valence-corrected chi connectivity index (χ2v) is 4.38. The molecule has 0 saturated carbocycles. The van der Waals surface area contributed by atoms with Crippen LogP contribution in [0.2, 0.25) is 0 Å². The van der Waals surface area contributed by atoms with E-state index in [1.807, 2.05) is 6.92 Å². The van der Waals surface area contributed by atoms with E-state index in [0.717, 1.165) is 0 Å². The molecule has 0 aliphatic rings. The van der Waals surface area contributed by atoms with Gasteiger partial charge in [0.2, 0.25) is 0 Å². The number of phenols is 1. The van der Waals surface area contributed by atoms with E-state index in [9.17, 15) is 14.7 Å². The van der Waals surface area contributed by atoms with Gasteiger partial charge in [-0.2, -0.15) is 5.10 Å². The second kappa shape index (κ2) is 5.16. The van der Waals surface area contributed by atoms with Crippen molar-refractivity contribution in [3.8, 4) is 11.4 Å². The Labute approximate surface area is 115 Å². The van der Waals surface area contributed by atoms with Crippen molar-refractivity contribution >= 4 is 11.7 Å². The molecule has 0 saturated heterocycles. The standard InChI is InChI=1S/C14H15N3O3/c1-3-11-12(14(15)20)16-17(13(11)8(2)18)9-4-6-10(19)7-5-9/h4-7,19H,3H2,1-2H3,(H2,15,20). The summed E-state index contributed by atoms with van der Waals surface area (Å²) in [7, 11) is 0. The fraction of sp³-hybridized carbons (Fsp3) is 0.214. The van der Waals surface area contributed by atoms with Crippen molar-refractivity contribution in [2.45, 2.75) is 20.3 Å². The van der Waals surface area contributed by atoms with Gasteiger partial charge in [-0.3, -0.25) is 9.59 Å². The molecule has 104 valence electrons. The molecule has 0 aliphatic carbocycles. The van der Waals surface area contributed by atoms with Crippen molar-refractivity contribution < 1.29 is 14.7 Å². The Balaban J connectivity index is 2.72. The van der Waals surface area contributed by atoms with Gasteiger partial charge in [-0.1, -0.05) is 6.92 Å². The van der Waals surface area contributed by atoms with E-state index in [4.69, 9.17) is 5.73 Å². The van der Waals surface area contributed by atoms with Crippen molar-refractivity contribution in [2.75, 3.05) is 0 Å². The number of hydrogen-bond donors (Lipinski definition) is 2. The lowest BCUT2D eigenvalue weighted by molar-refractivity contribution is 0.0991. The summed E-state index contributed by atoms with van der Waals surface area (Å²) in [5.41, 5.74) is 6.87. The molecule has 2 rings (SSSR count). The molecule has 6 heteroatoms. The lowest BCUT2D eigenvalue weighted by atomic mass is 10.1. The molecule has 3 N–H and O–H groups in total. The van der Waals surface area contributed by atoms with Crippen LogP contribution in [0.4, 0.5) is 0 Å². The first-order chi connectivity index (χ1) is 9.45. The largest absolute Gasteiger partial charge is 0.508 e. The molecule has 0 bridgehead atoms. The minimum atomic E-state index is -0.665. The summed E-state index contributed by atoms with van der Waals surface area (Å²) in [6, 6.07) is 6.19. The summed E-state index contributed by atoms with van der Waals surface area (Å²) in [6.07, 6.45) is 0.477. The summed E-state index contributed by atoms with van der Waals surface area (Å²) in [5, 5.41) is 13.4. The monoisotopic (exact) mass is 273 g/mol. The number of aromatic hydroxyl groups is 1. The summed E-state index contributed by atoms with van der Waals surface area (Å²) in [4.78, 5) is 23.3. The molecule has 0 aliphatic heterocycles. The lowest BCUT2D eigenvalue weighted by Crippen LogP contribution is -2.14. The number of primary amides is 1. The van der Waals surface area contributed by atoms with Crippen molar-refractivity contribution in [3.63, 3.8) is 0 Å². The molecular weight excluding hydrogens is 258 g/mol. The van der Waals surface area contributed by atoms with Crippen LogP contribution < -0.4 is 5.73 Å². The average molecular weight is 273 g/mol. The molecular formula is C14H15N3O3. The maximum absolute atomic E-state index is 11.9. The number of rotatable bonds is 4. The number of nitrogens with two attached hydrogens (primary N) is 1. The molecule has 0 spiro atoms. The van der Waals surface area contributed by atoms with Gasteiger partial charge in [0.05, 0.1) is 5.69 Å². The van der Waals surface area contributed by atoms with Crippen LogP contribution in [-0.2, 0) is 6.42 Å². The summed E-state index contributed by atoms with van der Waals surface area (Å²) in [6.45, 7) is 3.24. The zero-order valence-corrected chi connectivity index (χ0v) is 11.3. The third-order valence-electron chi connectivity index (χ3n) is 3.00. The van der Waals surface area contributed by atoms with E-state index in [0.29, 0.717) is 23.4 Å². The average Bonchev–Trinajstić information content (AvgIpc) is 2.79. The first-order valence-corrected chi connectivity index (χ1v) is 6.17. The third-order valence-corrected chi connectivity index (χ3v) is 3.00. The van der Waals surface area contributed by atoms with Crippen LogP contribution in [0.25, 0.3) is 5.69 Å². The number of aromatic nitrogens is 2. The van der Waals surface area contributed by atoms with Crippen molar-refractivity contribution in [1.29, 1.82) is 0 Å². The smallest absolute Gasteiger partial charge is 0.269 e. The molecule has 1 heterocycles. The lowest BCUT2D eigenvalue weighted by Gasteiger charge is -2.06. The molecule has 2 aromatic rings. The fourth-order valence-corrected chi connectivity index (χ4v) is 2.13. The molecule has 1 aromatic heterocycles. The predicted octanol–water partition coefficient (Wildman–Crippen LogP) is 1.44. The van der Waals surface area contributed by atoms with Crippen LogP contribution >= 0.6 is 0 Å². The number of carbonyl (C=O) groups excluding carboxylic acids is 2. The fourth-order valence-electron chi connectivity index (χ4n) is 2.13. The number of benzene rings is 1. The number of nitrogens with zero attached hydrogens (tertiary/aromatic N) is 2. The minimum Gasteiger partial charge on any atom is -0.508 e. The molecule has 20 heavy (non-hydrogen) atoms. The van der Waals surface area contributed by atoms with Crippen LogP contribution in [0.3, 0.4) is 0 Å². The van der Waals surface area contributed by atoms with Crippen molar-refractivity contribution in [1.82, 2.24) is 9.78 Å². The van der Waals surface area contributed by atoms with Gasteiger partial charge in [0.15, 0.2) is 11.5 Å². The first kappa shape index (κ1) is 13.8. The normalized spacial score (nSPS) is 10.5. The SMILES string of the molecule is CCc1c(C(N)=O)nn(-c2ccc(O)cc2)c1C(C)=O. The molecule has 0 atom stereocenters. The highest BCUT2D eigenvalue weighted by atomic mass is 16.3. The highest BCUT2D eigenvalue weighted by molar-refractivity contribution is 6.00. The number of ketones is 1. The number of phenolic OH excluding ortho intramolecular Hbond substituents is 1. The Bertz CT molecular complexity index is 672. The van der Waals surface area contributed by atoms with E-state index in [2.05, 4.69) is 5.10 Å². The molecule has 1 aromatic carbocycles. The summed E-state index contributed by atoms with van der Waals surface area (Å²) in [5.74, 6) is -0.757. The summed E-state index contributed by atoms with van der Waals surface area (Å²) >= 11 is 0. The maximum atomic E-state index is 11.9. The van der Waals surface area contributed by atoms with Crippen molar-refractivity contribution in [3.05, 3.63) is 41.2 Å². The zero-order valence-electron chi connectivity index (χ0n) is 11.3. The Hall–Kier alpha value is -2.63. The van der Waals surface area contributed by atoms with Gasteiger partial charge in [-0.05, 0) is 30.7 Å². The predicted molar refractivity (Wildman–Crippen MR) is 73.1 cm³/mol. The minimum absolute atomic E-state index is 0.103. The number of amides is 1. The first-order valence-electron chi connectivity index (χ1n) is 6.17. The molecule has 0 radical (unpaired) electrons. The van der Waals surface area contributed by atoms with Crippen LogP contribution in [0.15, 0.2) is 24.3 Å². The second-order valence-electron chi connectivity index (χ2n) is 4.38. The van der Waals surface area contributed by atoms with Crippen LogP contribution in [0, 0.1) is 0 Å². The number of Topliss-reactive ketones (excluding diaryl/α,β-unsaturated/α-hetero) is 1. The quantitative estimate of drug-likeness (QED) is 0.823. The Morgan fingerprint density at radius 1 is 1.30 bits per heavy atom. The van der Waals surface area contributed by atoms with Gasteiger partial charge in [0, 0.05) is 12.5 Å². The van der Waals surface area contributed by atoms with Gasteiger partial charge in [-0.25, -0.2) is 4.68 Å². The highest BCUT2D eigenvalue weighted by Gasteiger charge is 2.23. The molecule has 1 amide bonds. The number of hydrogen-bond acceptors (Lipinski definition) is 4. The van der Waals surface area contributed by atoms with E-state index >= 15 is 0 Å². The van der Waals surface area contributed by atoms with Crippen LogP contribution in [0.5, 0.6) is 5.75 Å². The van der Waals surface area contributed by atoms with Gasteiger partial charge in [0.1, 0.15) is 11.4 Å². The topological polar surface area (TPSA) is 98.2 Å². The van der Waals surface area contributed by atoms with Gasteiger partial charge in [-0.15, -0.1) is 0 Å². The Kier molecular flexibility index (Phi) is 3.56. The van der Waals surface area contributed by atoms with E-state index in [-0.39, 0.29) is 17.2 Å². The highest BCUT2D eigenvalue weighted by Crippen LogP contribution is 2.21. The van der Waals surface area contributed by atoms with E-state index < -0.39 is 5.91 Å². The zero-order chi connectivity index (χ0) is 14.9. The Morgan fingerprint density at radius 2 is 1.90 bits per heavy atom. The maximum Gasteiger partial charge on any atom is 0.269 e. The van der Waals surface area contributed by atoms with E-state index in [1.165, 1.54) is 23.7 Å². The molecule has 6 nitrogen and oxygen atoms in total. The number of carbonyl (C=O) groups is 2. The van der Waals surface area contributed by atoms with Gasteiger partial charge < -0.3 is 10.8 Å². The Morgan fingerprint density at radius 3 is 2.35 bits per heavy atom. The summed E-state index contributed by atoms with van der Waals surface area (Å²) < 4.78 is 1.39. The van der Waals surface area contributed by atoms with Crippen LogP contribution in [0.1, 0.15) is 40.4 Å². The van der Waals surface area contributed by atoms with Crippen LogP contribution in [-0.4, -0.2) is 26.6 Å². The van der Waals surface area contributed by atoms with Crippen molar-refractivity contribution in [2.24, 2.45) is 5.73 Å². The molecule has 0 fully saturated rings. The third kappa shape index (κ3) is 2.27. The van der Waals surface area contributed by atoms with E-state index in [1.54, 1.807) is 12.1 Å². The van der Waals surface area contributed by atoms with Gasteiger partial charge in [0.25, 0.3) is 5.91 Å².